The fourth-order valence-corrected chi connectivity index (χ4v) is 2.64. The molecule has 0 saturated carbocycles. The highest BCUT2D eigenvalue weighted by atomic mass is 19.1. The van der Waals surface area contributed by atoms with Crippen molar-refractivity contribution < 1.29 is 14.3 Å². The van der Waals surface area contributed by atoms with E-state index in [0.717, 1.165) is 0 Å². The van der Waals surface area contributed by atoms with Gasteiger partial charge in [-0.3, -0.25) is 9.59 Å². The first-order valence-corrected chi connectivity index (χ1v) is 8.10. The van der Waals surface area contributed by atoms with Crippen molar-refractivity contribution in [1.29, 1.82) is 0 Å². The van der Waals surface area contributed by atoms with Gasteiger partial charge in [-0.2, -0.15) is 0 Å². The van der Waals surface area contributed by atoms with Gasteiger partial charge in [0, 0.05) is 11.9 Å². The summed E-state index contributed by atoms with van der Waals surface area (Å²) in [5.41, 5.74) is 1.02. The number of carbonyl (C=O) groups is 1. The Labute approximate surface area is 148 Å². The van der Waals surface area contributed by atoms with Gasteiger partial charge >= 0.3 is 0 Å². The molecular weight excluding hydrogens is 335 g/mol. The van der Waals surface area contributed by atoms with Crippen LogP contribution in [-0.4, -0.2) is 22.4 Å². The van der Waals surface area contributed by atoms with E-state index in [9.17, 15) is 19.1 Å². The number of rotatable bonds is 5. The molecule has 0 bridgehead atoms. The van der Waals surface area contributed by atoms with Gasteiger partial charge < -0.3 is 15.4 Å². The van der Waals surface area contributed by atoms with E-state index in [1.807, 2.05) is 6.92 Å². The van der Waals surface area contributed by atoms with Crippen LogP contribution >= 0.6 is 0 Å². The van der Waals surface area contributed by atoms with Crippen LogP contribution in [0.25, 0.3) is 17.0 Å². The Bertz CT molecular complexity index is 1050. The predicted octanol–water partition coefficient (Wildman–Crippen LogP) is 3.70. The molecule has 1 heterocycles. The van der Waals surface area contributed by atoms with Gasteiger partial charge in [0.1, 0.15) is 11.6 Å². The summed E-state index contributed by atoms with van der Waals surface area (Å²) in [6.45, 7) is 2.43. The number of anilines is 1. The number of benzene rings is 2. The number of halogens is 1. The third-order valence-corrected chi connectivity index (χ3v) is 3.87. The van der Waals surface area contributed by atoms with Crippen LogP contribution in [-0.2, 0) is 0 Å². The number of ketones is 1. The zero-order valence-electron chi connectivity index (χ0n) is 14.0. The zero-order valence-corrected chi connectivity index (χ0v) is 14.0. The van der Waals surface area contributed by atoms with E-state index in [0.29, 0.717) is 28.7 Å². The van der Waals surface area contributed by atoms with Crippen molar-refractivity contribution in [3.8, 4) is 5.75 Å². The van der Waals surface area contributed by atoms with E-state index in [2.05, 4.69) is 10.3 Å². The molecule has 3 aromatic rings. The molecule has 3 N–H and O–H groups in total. The number of phenols is 1. The Morgan fingerprint density at radius 3 is 2.65 bits per heavy atom. The van der Waals surface area contributed by atoms with E-state index in [-0.39, 0.29) is 11.3 Å². The highest BCUT2D eigenvalue weighted by Gasteiger charge is 2.12. The monoisotopic (exact) mass is 352 g/mol. The quantitative estimate of drug-likeness (QED) is 0.483. The number of carbonyl (C=O) groups excluding carboxylic acids is 1. The summed E-state index contributed by atoms with van der Waals surface area (Å²) in [5.74, 6) is -0.827. The molecule has 0 atom stereocenters. The number of hydrogen-bond acceptors (Lipinski definition) is 4. The number of phenolic OH excluding ortho intramolecular Hbond substituents is 1. The van der Waals surface area contributed by atoms with Crippen molar-refractivity contribution in [2.24, 2.45) is 0 Å². The topological polar surface area (TPSA) is 82.2 Å². The summed E-state index contributed by atoms with van der Waals surface area (Å²) in [7, 11) is 0. The molecule has 0 saturated heterocycles. The van der Waals surface area contributed by atoms with E-state index in [1.54, 1.807) is 18.2 Å². The molecule has 0 aliphatic heterocycles. The largest absolute Gasteiger partial charge is 0.508 e. The second kappa shape index (κ2) is 7.23. The van der Waals surface area contributed by atoms with Crippen molar-refractivity contribution in [2.45, 2.75) is 6.92 Å². The van der Waals surface area contributed by atoms with Gasteiger partial charge in [-0.05, 0) is 48.9 Å². The van der Waals surface area contributed by atoms with E-state index in [4.69, 9.17) is 0 Å². The highest BCUT2D eigenvalue weighted by molar-refractivity contribution is 6.08. The molecule has 0 amide bonds. The third-order valence-electron chi connectivity index (χ3n) is 3.87. The predicted molar refractivity (Wildman–Crippen MR) is 100 cm³/mol. The molecule has 1 aromatic heterocycles. The Morgan fingerprint density at radius 2 is 1.96 bits per heavy atom. The molecule has 0 fully saturated rings. The lowest BCUT2D eigenvalue weighted by molar-refractivity contribution is 0.104. The molecule has 26 heavy (non-hydrogen) atoms. The van der Waals surface area contributed by atoms with Crippen LogP contribution < -0.4 is 10.9 Å². The summed E-state index contributed by atoms with van der Waals surface area (Å²) in [4.78, 5) is 27.3. The average molecular weight is 352 g/mol. The van der Waals surface area contributed by atoms with Gasteiger partial charge in [0.05, 0.1) is 16.8 Å². The minimum atomic E-state index is -0.538. The highest BCUT2D eigenvalue weighted by Crippen LogP contribution is 2.23. The molecule has 0 radical (unpaired) electrons. The van der Waals surface area contributed by atoms with Crippen molar-refractivity contribution >= 4 is 28.4 Å². The second-order valence-corrected chi connectivity index (χ2v) is 5.75. The first-order valence-electron chi connectivity index (χ1n) is 8.10. The fraction of sp³-hybridized carbons (Fsp3) is 0.100. The van der Waals surface area contributed by atoms with Crippen LogP contribution in [0.1, 0.15) is 22.8 Å². The average Bonchev–Trinajstić information content (AvgIpc) is 2.61. The number of aromatic nitrogens is 1. The Hall–Kier alpha value is -3.41. The number of aromatic hydroxyl groups is 1. The lowest BCUT2D eigenvalue weighted by Gasteiger charge is -2.09. The third kappa shape index (κ3) is 3.64. The Balaban J connectivity index is 1.99. The standard InChI is InChI=1S/C20H17FN2O3/c1-2-22-17-11-14(21)9-13-10-16(20(26)23-19(13)17)18(25)8-5-12-3-6-15(24)7-4-12/h3-11,22,24H,2H2,1H3,(H,23,26). The number of allylic oxidation sites excluding steroid dienone is 1. The van der Waals surface area contributed by atoms with Crippen LogP contribution in [0.2, 0.25) is 0 Å². The van der Waals surface area contributed by atoms with Gasteiger partial charge in [-0.25, -0.2) is 4.39 Å². The minimum absolute atomic E-state index is 0.0689. The van der Waals surface area contributed by atoms with Gasteiger partial charge in [-0.1, -0.05) is 18.2 Å². The number of H-pyrrole nitrogens is 1. The van der Waals surface area contributed by atoms with Gasteiger partial charge in [0.15, 0.2) is 5.78 Å². The van der Waals surface area contributed by atoms with E-state index < -0.39 is 17.2 Å². The Kier molecular flexibility index (Phi) is 4.84. The van der Waals surface area contributed by atoms with Crippen molar-refractivity contribution in [2.75, 3.05) is 11.9 Å². The molecule has 2 aromatic carbocycles. The van der Waals surface area contributed by atoms with E-state index in [1.165, 1.54) is 36.4 Å². The number of nitrogens with one attached hydrogen (secondary N) is 2. The number of fused-ring (bicyclic) bond motifs is 1. The van der Waals surface area contributed by atoms with Crippen LogP contribution in [0.15, 0.2) is 53.3 Å². The lowest BCUT2D eigenvalue weighted by Crippen LogP contribution is -2.17. The number of hydrogen-bond donors (Lipinski definition) is 3. The molecule has 0 unspecified atom stereocenters. The summed E-state index contributed by atoms with van der Waals surface area (Å²) in [6.07, 6.45) is 2.81. The van der Waals surface area contributed by atoms with E-state index >= 15 is 0 Å². The minimum Gasteiger partial charge on any atom is -0.508 e. The molecule has 0 aliphatic rings. The second-order valence-electron chi connectivity index (χ2n) is 5.75. The summed E-state index contributed by atoms with van der Waals surface area (Å²) < 4.78 is 13.8. The molecule has 132 valence electrons. The first kappa shape index (κ1) is 17.4. The zero-order chi connectivity index (χ0) is 18.7. The molecule has 6 heteroatoms. The first-order chi connectivity index (χ1) is 12.5. The lowest BCUT2D eigenvalue weighted by atomic mass is 10.1. The van der Waals surface area contributed by atoms with Gasteiger partial charge in [-0.15, -0.1) is 0 Å². The normalized spacial score (nSPS) is 11.2. The molecule has 0 spiro atoms. The maximum Gasteiger partial charge on any atom is 0.259 e. The maximum atomic E-state index is 13.8. The van der Waals surface area contributed by atoms with Gasteiger partial charge in [0.25, 0.3) is 5.56 Å². The number of pyridine rings is 1. The number of aromatic amines is 1. The molecule has 3 rings (SSSR count). The van der Waals surface area contributed by atoms with Crippen LogP contribution in [0.3, 0.4) is 0 Å². The summed E-state index contributed by atoms with van der Waals surface area (Å²) >= 11 is 0. The van der Waals surface area contributed by atoms with Crippen LogP contribution in [0.5, 0.6) is 5.75 Å². The SMILES string of the molecule is CCNc1cc(F)cc2cc(C(=O)C=Cc3ccc(O)cc3)c(=O)[nH]c12. The van der Waals surface area contributed by atoms with Crippen LogP contribution in [0.4, 0.5) is 10.1 Å². The smallest absolute Gasteiger partial charge is 0.259 e. The van der Waals surface area contributed by atoms with Crippen molar-refractivity contribution in [1.82, 2.24) is 4.98 Å². The van der Waals surface area contributed by atoms with Crippen LogP contribution in [0, 0.1) is 5.82 Å². The molecule has 0 aliphatic carbocycles. The molecule has 5 nitrogen and oxygen atoms in total. The van der Waals surface area contributed by atoms with Gasteiger partial charge in [0.2, 0.25) is 0 Å². The Morgan fingerprint density at radius 1 is 1.23 bits per heavy atom. The summed E-state index contributed by atoms with van der Waals surface area (Å²) in [6, 6.07) is 10.2. The summed E-state index contributed by atoms with van der Waals surface area (Å²) in [5, 5.41) is 12.7. The molecular formula is C20H17FN2O3. The van der Waals surface area contributed by atoms with Crippen molar-refractivity contribution in [3.63, 3.8) is 0 Å². The maximum absolute atomic E-state index is 13.8. The van der Waals surface area contributed by atoms with Crippen molar-refractivity contribution in [3.05, 3.63) is 75.8 Å². The fourth-order valence-electron chi connectivity index (χ4n) is 2.64.